The van der Waals surface area contributed by atoms with Crippen LogP contribution in [0.1, 0.15) is 11.3 Å². The van der Waals surface area contributed by atoms with Crippen molar-refractivity contribution in [2.75, 3.05) is 11.9 Å². The number of benzene rings is 1. The molecule has 1 N–H and O–H groups in total. The Bertz CT molecular complexity index is 903. The minimum atomic E-state index is -0.322. The molecule has 1 aromatic carbocycles. The summed E-state index contributed by atoms with van der Waals surface area (Å²) in [6, 6.07) is 9.78. The van der Waals surface area contributed by atoms with Gasteiger partial charge in [-0.1, -0.05) is 66.5 Å². The lowest BCUT2D eigenvalue weighted by molar-refractivity contribution is -0.126. The molecule has 1 aliphatic rings. The largest absolute Gasteiger partial charge is 0.300 e. The molecule has 2 heterocycles. The molecule has 1 aliphatic heterocycles. The van der Waals surface area contributed by atoms with Crippen LogP contribution in [0.25, 0.3) is 6.08 Å². The average molecular weight is 402 g/mol. The smallest absolute Gasteiger partial charge is 0.266 e. The molecular formula is C18H15N3O2S3. The van der Waals surface area contributed by atoms with Gasteiger partial charge in [-0.25, -0.2) is 4.98 Å². The number of thiazole rings is 1. The maximum Gasteiger partial charge on any atom is 0.266 e. The van der Waals surface area contributed by atoms with Gasteiger partial charge in [-0.05, 0) is 18.6 Å². The fourth-order valence-electron chi connectivity index (χ4n) is 2.17. The molecule has 3 rings (SSSR count). The molecule has 8 heteroatoms. The zero-order valence-electron chi connectivity index (χ0n) is 13.8. The number of rotatable bonds is 5. The van der Waals surface area contributed by atoms with Crippen LogP contribution in [-0.2, 0) is 9.59 Å². The Morgan fingerprint density at radius 2 is 2.12 bits per heavy atom. The Morgan fingerprint density at radius 3 is 2.81 bits per heavy atom. The number of thiocarbonyl (C=S) groups is 1. The van der Waals surface area contributed by atoms with Gasteiger partial charge in [-0.3, -0.25) is 14.5 Å². The quantitative estimate of drug-likeness (QED) is 0.609. The van der Waals surface area contributed by atoms with Gasteiger partial charge in [0.2, 0.25) is 5.91 Å². The van der Waals surface area contributed by atoms with Crippen LogP contribution < -0.4 is 5.32 Å². The standard InChI is InChI=1S/C18H15N3O2S3/c1-12-11-25-17(19-12)20-15(22)10-21-16(23)14(26-18(21)24)9-5-8-13-6-3-2-4-7-13/h2-9,11H,10H2,1H3,(H,19,20,22)/b8-5+,14-9-. The third kappa shape index (κ3) is 4.66. The number of anilines is 1. The molecule has 0 spiro atoms. The first-order valence-corrected chi connectivity index (χ1v) is 9.82. The van der Waals surface area contributed by atoms with Crippen LogP contribution in [0.3, 0.4) is 0 Å². The van der Waals surface area contributed by atoms with Crippen molar-refractivity contribution in [3.05, 3.63) is 64.0 Å². The van der Waals surface area contributed by atoms with Crippen molar-refractivity contribution >= 4 is 62.7 Å². The highest BCUT2D eigenvalue weighted by Crippen LogP contribution is 2.31. The lowest BCUT2D eigenvalue weighted by Crippen LogP contribution is -2.36. The maximum atomic E-state index is 12.5. The lowest BCUT2D eigenvalue weighted by Gasteiger charge is -2.13. The third-order valence-electron chi connectivity index (χ3n) is 3.38. The Balaban J connectivity index is 1.62. The van der Waals surface area contributed by atoms with Crippen LogP contribution in [0.5, 0.6) is 0 Å². The van der Waals surface area contributed by atoms with Gasteiger partial charge in [-0.15, -0.1) is 11.3 Å². The molecule has 5 nitrogen and oxygen atoms in total. The van der Waals surface area contributed by atoms with Gasteiger partial charge in [0.15, 0.2) is 5.13 Å². The zero-order chi connectivity index (χ0) is 18.5. The molecule has 0 aliphatic carbocycles. The summed E-state index contributed by atoms with van der Waals surface area (Å²) in [7, 11) is 0. The number of thioether (sulfide) groups is 1. The minimum Gasteiger partial charge on any atom is -0.300 e. The molecule has 1 saturated heterocycles. The van der Waals surface area contributed by atoms with E-state index in [1.165, 1.54) is 28.0 Å². The van der Waals surface area contributed by atoms with E-state index in [1.54, 1.807) is 12.2 Å². The van der Waals surface area contributed by atoms with Crippen molar-refractivity contribution < 1.29 is 9.59 Å². The maximum absolute atomic E-state index is 12.5. The second-order valence-corrected chi connectivity index (χ2v) is 7.94. The van der Waals surface area contributed by atoms with Crippen molar-refractivity contribution in [2.45, 2.75) is 6.92 Å². The highest BCUT2D eigenvalue weighted by Gasteiger charge is 2.33. The van der Waals surface area contributed by atoms with E-state index in [2.05, 4.69) is 10.3 Å². The van der Waals surface area contributed by atoms with E-state index in [9.17, 15) is 9.59 Å². The number of hydrogen-bond donors (Lipinski definition) is 1. The predicted molar refractivity (Wildman–Crippen MR) is 111 cm³/mol. The summed E-state index contributed by atoms with van der Waals surface area (Å²) >= 11 is 7.77. The van der Waals surface area contributed by atoms with E-state index in [0.717, 1.165) is 11.3 Å². The number of carbonyl (C=O) groups excluding carboxylic acids is 2. The number of nitrogens with zero attached hydrogens (tertiary/aromatic N) is 2. The van der Waals surface area contributed by atoms with Gasteiger partial charge < -0.3 is 5.32 Å². The first-order valence-electron chi connectivity index (χ1n) is 7.72. The molecule has 0 saturated carbocycles. The number of amides is 2. The summed E-state index contributed by atoms with van der Waals surface area (Å²) in [5, 5.41) is 5.04. The summed E-state index contributed by atoms with van der Waals surface area (Å²) in [6.45, 7) is 1.73. The van der Waals surface area contributed by atoms with E-state index in [1.807, 2.05) is 48.7 Å². The summed E-state index contributed by atoms with van der Waals surface area (Å²) in [5.41, 5.74) is 1.88. The van der Waals surface area contributed by atoms with Gasteiger partial charge in [0.1, 0.15) is 10.9 Å². The topological polar surface area (TPSA) is 62.3 Å². The summed E-state index contributed by atoms with van der Waals surface area (Å²) in [6.07, 6.45) is 5.43. The number of allylic oxidation sites excluding steroid dienone is 2. The SMILES string of the molecule is Cc1csc(NC(=O)CN2C(=O)/C(=C/C=C/c3ccccc3)SC2=S)n1. The summed E-state index contributed by atoms with van der Waals surface area (Å²) in [4.78, 5) is 30.6. The van der Waals surface area contributed by atoms with E-state index in [4.69, 9.17) is 12.2 Å². The monoisotopic (exact) mass is 401 g/mol. The molecule has 0 bridgehead atoms. The molecule has 0 radical (unpaired) electrons. The molecule has 26 heavy (non-hydrogen) atoms. The van der Waals surface area contributed by atoms with Gasteiger partial charge in [0.25, 0.3) is 5.91 Å². The third-order valence-corrected chi connectivity index (χ3v) is 5.65. The number of nitrogens with one attached hydrogen (secondary N) is 1. The lowest BCUT2D eigenvalue weighted by atomic mass is 10.2. The zero-order valence-corrected chi connectivity index (χ0v) is 16.3. The van der Waals surface area contributed by atoms with Gasteiger partial charge in [0.05, 0.1) is 10.6 Å². The average Bonchev–Trinajstić information content (AvgIpc) is 3.14. The van der Waals surface area contributed by atoms with Crippen LogP contribution in [0.2, 0.25) is 0 Å². The molecule has 2 amide bonds. The van der Waals surface area contributed by atoms with Crippen molar-refractivity contribution in [1.29, 1.82) is 0 Å². The fourth-order valence-corrected chi connectivity index (χ4v) is 4.09. The van der Waals surface area contributed by atoms with E-state index >= 15 is 0 Å². The Hall–Kier alpha value is -2.29. The molecule has 1 aromatic heterocycles. The molecule has 132 valence electrons. The summed E-state index contributed by atoms with van der Waals surface area (Å²) < 4.78 is 0.375. The van der Waals surface area contributed by atoms with Crippen LogP contribution in [-0.4, -0.2) is 32.6 Å². The van der Waals surface area contributed by atoms with E-state index < -0.39 is 0 Å². The van der Waals surface area contributed by atoms with Crippen LogP contribution in [0, 0.1) is 6.92 Å². The number of carbonyl (C=O) groups is 2. The number of aryl methyl sites for hydroxylation is 1. The Morgan fingerprint density at radius 1 is 1.35 bits per heavy atom. The van der Waals surface area contributed by atoms with Crippen LogP contribution in [0.15, 0.2) is 52.8 Å². The van der Waals surface area contributed by atoms with Crippen molar-refractivity contribution in [3.63, 3.8) is 0 Å². The minimum absolute atomic E-state index is 0.122. The summed E-state index contributed by atoms with van der Waals surface area (Å²) in [5.74, 6) is -0.583. The second-order valence-electron chi connectivity index (χ2n) is 5.40. The first kappa shape index (κ1) is 18.5. The first-order chi connectivity index (χ1) is 12.5. The normalized spacial score (nSPS) is 16.0. The molecule has 2 aromatic rings. The highest BCUT2D eigenvalue weighted by molar-refractivity contribution is 8.26. The van der Waals surface area contributed by atoms with E-state index in [-0.39, 0.29) is 18.4 Å². The van der Waals surface area contributed by atoms with E-state index in [0.29, 0.717) is 14.4 Å². The molecular weight excluding hydrogens is 386 g/mol. The van der Waals surface area contributed by atoms with Crippen molar-refractivity contribution in [2.24, 2.45) is 0 Å². The Kier molecular flexibility index (Phi) is 5.97. The van der Waals surface area contributed by atoms with Crippen LogP contribution >= 0.6 is 35.3 Å². The molecule has 0 unspecified atom stereocenters. The second kappa shape index (κ2) is 8.39. The fraction of sp³-hybridized carbons (Fsp3) is 0.111. The molecule has 0 atom stereocenters. The molecule has 1 fully saturated rings. The van der Waals surface area contributed by atoms with Gasteiger partial charge >= 0.3 is 0 Å². The highest BCUT2D eigenvalue weighted by atomic mass is 32.2. The van der Waals surface area contributed by atoms with Gasteiger partial charge in [-0.2, -0.15) is 0 Å². The number of hydrogen-bond acceptors (Lipinski definition) is 6. The van der Waals surface area contributed by atoms with Gasteiger partial charge in [0, 0.05) is 5.38 Å². The van der Waals surface area contributed by atoms with Crippen molar-refractivity contribution in [3.8, 4) is 0 Å². The predicted octanol–water partition coefficient (Wildman–Crippen LogP) is 3.85. The Labute approximate surface area is 164 Å². The van der Waals surface area contributed by atoms with Crippen LogP contribution in [0.4, 0.5) is 5.13 Å². The van der Waals surface area contributed by atoms with Crippen molar-refractivity contribution in [1.82, 2.24) is 9.88 Å². The number of aromatic nitrogens is 1.